The van der Waals surface area contributed by atoms with Crippen LogP contribution in [0.2, 0.25) is 0 Å². The zero-order chi connectivity index (χ0) is 17.2. The zero-order valence-electron chi connectivity index (χ0n) is 12.2. The van der Waals surface area contributed by atoms with Gasteiger partial charge in [-0.3, -0.25) is 4.79 Å². The highest BCUT2D eigenvalue weighted by Crippen LogP contribution is 2.33. The number of hydrogen-bond acceptors (Lipinski definition) is 3. The van der Waals surface area contributed by atoms with Gasteiger partial charge in [0, 0.05) is 18.0 Å². The van der Waals surface area contributed by atoms with Crippen LogP contribution in [0.5, 0.6) is 0 Å². The highest BCUT2D eigenvalue weighted by molar-refractivity contribution is 5.95. The molecule has 0 spiro atoms. The molecule has 0 aliphatic heterocycles. The lowest BCUT2D eigenvalue weighted by atomic mass is 10.1. The number of amides is 1. The second kappa shape index (κ2) is 6.23. The summed E-state index contributed by atoms with van der Waals surface area (Å²) < 4.78 is 45.8. The van der Waals surface area contributed by atoms with Gasteiger partial charge < -0.3 is 9.73 Å². The van der Waals surface area contributed by atoms with E-state index in [-0.39, 0.29) is 11.3 Å². The van der Waals surface area contributed by atoms with Gasteiger partial charge in [0.25, 0.3) is 5.91 Å². The molecule has 0 fully saturated rings. The van der Waals surface area contributed by atoms with Crippen molar-refractivity contribution in [3.63, 3.8) is 0 Å². The lowest BCUT2D eigenvalue weighted by Crippen LogP contribution is -2.37. The average molecular weight is 335 g/mol. The number of carbonyl (C=O) groups excluding carboxylic acids is 1. The first kappa shape index (κ1) is 15.9. The van der Waals surface area contributed by atoms with Crippen molar-refractivity contribution in [2.24, 2.45) is 0 Å². The number of carbonyl (C=O) groups is 1. The average Bonchev–Trinajstić information content (AvgIpc) is 3.24. The molecule has 124 valence electrons. The summed E-state index contributed by atoms with van der Waals surface area (Å²) in [4.78, 5) is 12.2. The molecule has 0 radical (unpaired) electrons. The number of rotatable bonds is 4. The van der Waals surface area contributed by atoms with Crippen LogP contribution < -0.4 is 5.32 Å². The van der Waals surface area contributed by atoms with Crippen molar-refractivity contribution in [1.82, 2.24) is 15.1 Å². The third-order valence-electron chi connectivity index (χ3n) is 3.31. The van der Waals surface area contributed by atoms with Gasteiger partial charge in [0.1, 0.15) is 5.76 Å². The number of halogens is 3. The number of furan rings is 1. The van der Waals surface area contributed by atoms with E-state index in [1.54, 1.807) is 30.6 Å². The molecule has 0 aliphatic carbocycles. The van der Waals surface area contributed by atoms with Crippen LogP contribution in [0.15, 0.2) is 65.5 Å². The maximum atomic E-state index is 13.2. The zero-order valence-corrected chi connectivity index (χ0v) is 12.2. The first-order valence-corrected chi connectivity index (χ1v) is 6.96. The van der Waals surface area contributed by atoms with Gasteiger partial charge in [-0.15, -0.1) is 0 Å². The van der Waals surface area contributed by atoms with E-state index in [0.717, 1.165) is 6.26 Å². The Morgan fingerprint density at radius 2 is 2.04 bits per heavy atom. The third kappa shape index (κ3) is 3.32. The second-order valence-corrected chi connectivity index (χ2v) is 4.96. The summed E-state index contributed by atoms with van der Waals surface area (Å²) in [5, 5.41) is 5.98. The monoisotopic (exact) mass is 335 g/mol. The Labute approximate surface area is 134 Å². The van der Waals surface area contributed by atoms with Crippen molar-refractivity contribution in [1.29, 1.82) is 0 Å². The minimum absolute atomic E-state index is 0.0869. The Hall–Kier alpha value is -3.03. The van der Waals surface area contributed by atoms with Crippen LogP contribution in [0.4, 0.5) is 13.2 Å². The number of nitrogens with zero attached hydrogens (tertiary/aromatic N) is 2. The normalized spacial score (nSPS) is 12.8. The minimum atomic E-state index is -4.67. The molecule has 1 N–H and O–H groups in total. The lowest BCUT2D eigenvalue weighted by Gasteiger charge is -2.19. The molecule has 24 heavy (non-hydrogen) atoms. The molecule has 0 saturated carbocycles. The molecule has 1 amide bonds. The Bertz CT molecular complexity index is 811. The van der Waals surface area contributed by atoms with E-state index in [2.05, 4.69) is 5.10 Å². The standard InChI is InChI=1S/C16H12F3N3O2/c17-16(18,19)14(13-6-2-9-24-13)21-15(23)11-4-1-5-12(10-11)22-8-3-7-20-22/h1-10,14H,(H,21,23)/t14-/m1/s1. The van der Waals surface area contributed by atoms with Gasteiger partial charge in [-0.05, 0) is 36.4 Å². The van der Waals surface area contributed by atoms with Gasteiger partial charge in [-0.25, -0.2) is 4.68 Å². The van der Waals surface area contributed by atoms with Crippen LogP contribution in [0, 0.1) is 0 Å². The van der Waals surface area contributed by atoms with Crippen LogP contribution in [-0.4, -0.2) is 21.9 Å². The SMILES string of the molecule is O=C(N[C@H](c1ccco1)C(F)(F)F)c1cccc(-n2cccn2)c1. The highest BCUT2D eigenvalue weighted by atomic mass is 19.4. The molecule has 1 atom stereocenters. The van der Waals surface area contributed by atoms with E-state index in [1.165, 1.54) is 28.9 Å². The summed E-state index contributed by atoms with van der Waals surface area (Å²) >= 11 is 0. The topological polar surface area (TPSA) is 60.1 Å². The fourth-order valence-electron chi connectivity index (χ4n) is 2.20. The molecular formula is C16H12F3N3O2. The number of aromatic nitrogens is 2. The van der Waals surface area contributed by atoms with Crippen molar-refractivity contribution in [3.8, 4) is 5.69 Å². The van der Waals surface area contributed by atoms with Crippen molar-refractivity contribution >= 4 is 5.91 Å². The second-order valence-electron chi connectivity index (χ2n) is 4.96. The summed E-state index contributed by atoms with van der Waals surface area (Å²) in [7, 11) is 0. The Kier molecular flexibility index (Phi) is 4.11. The smallest absolute Gasteiger partial charge is 0.415 e. The predicted molar refractivity (Wildman–Crippen MR) is 78.5 cm³/mol. The number of alkyl halides is 3. The van der Waals surface area contributed by atoms with Crippen LogP contribution >= 0.6 is 0 Å². The summed E-state index contributed by atoms with van der Waals surface area (Å²) in [6.07, 6.45) is -0.326. The highest BCUT2D eigenvalue weighted by Gasteiger charge is 2.43. The third-order valence-corrected chi connectivity index (χ3v) is 3.31. The van der Waals surface area contributed by atoms with Crippen molar-refractivity contribution in [2.75, 3.05) is 0 Å². The molecular weight excluding hydrogens is 323 g/mol. The van der Waals surface area contributed by atoms with Crippen molar-refractivity contribution in [3.05, 3.63) is 72.4 Å². The first-order valence-electron chi connectivity index (χ1n) is 6.96. The quantitative estimate of drug-likeness (QED) is 0.794. The number of hydrogen-bond donors (Lipinski definition) is 1. The fraction of sp³-hybridized carbons (Fsp3) is 0.125. The van der Waals surface area contributed by atoms with E-state index in [1.807, 2.05) is 5.32 Å². The van der Waals surface area contributed by atoms with Gasteiger partial charge >= 0.3 is 6.18 Å². The van der Waals surface area contributed by atoms with Crippen LogP contribution in [0.3, 0.4) is 0 Å². The Balaban J connectivity index is 1.85. The molecule has 2 aromatic heterocycles. The van der Waals surface area contributed by atoms with E-state index in [0.29, 0.717) is 5.69 Å². The maximum Gasteiger partial charge on any atom is 0.415 e. The van der Waals surface area contributed by atoms with Gasteiger partial charge in [0.15, 0.2) is 6.04 Å². The lowest BCUT2D eigenvalue weighted by molar-refractivity contribution is -0.158. The summed E-state index contributed by atoms with van der Waals surface area (Å²) in [6, 6.07) is 8.13. The molecule has 0 aliphatic rings. The Morgan fingerprint density at radius 1 is 1.21 bits per heavy atom. The van der Waals surface area contributed by atoms with Crippen molar-refractivity contribution < 1.29 is 22.4 Å². The summed E-state index contributed by atoms with van der Waals surface area (Å²) in [5.74, 6) is -1.23. The summed E-state index contributed by atoms with van der Waals surface area (Å²) in [6.45, 7) is 0. The maximum absolute atomic E-state index is 13.2. The number of benzene rings is 1. The predicted octanol–water partition coefficient (Wildman–Crippen LogP) is 3.50. The molecule has 0 unspecified atom stereocenters. The van der Waals surface area contributed by atoms with Crippen molar-refractivity contribution in [2.45, 2.75) is 12.2 Å². The molecule has 1 aromatic carbocycles. The minimum Gasteiger partial charge on any atom is -0.467 e. The van der Waals surface area contributed by atoms with Gasteiger partial charge in [0.05, 0.1) is 12.0 Å². The fourth-order valence-corrected chi connectivity index (χ4v) is 2.20. The van der Waals surface area contributed by atoms with Crippen LogP contribution in [-0.2, 0) is 0 Å². The largest absolute Gasteiger partial charge is 0.467 e. The van der Waals surface area contributed by atoms with E-state index >= 15 is 0 Å². The molecule has 5 nitrogen and oxygen atoms in total. The molecule has 0 saturated heterocycles. The van der Waals surface area contributed by atoms with Gasteiger partial charge in [-0.2, -0.15) is 18.3 Å². The molecule has 8 heteroatoms. The van der Waals surface area contributed by atoms with Gasteiger partial charge in [-0.1, -0.05) is 6.07 Å². The molecule has 0 bridgehead atoms. The Morgan fingerprint density at radius 3 is 2.67 bits per heavy atom. The molecule has 3 rings (SSSR count). The molecule has 3 aromatic rings. The van der Waals surface area contributed by atoms with Gasteiger partial charge in [0.2, 0.25) is 0 Å². The van der Waals surface area contributed by atoms with E-state index < -0.39 is 18.1 Å². The van der Waals surface area contributed by atoms with Crippen LogP contribution in [0.1, 0.15) is 22.2 Å². The molecule has 2 heterocycles. The van der Waals surface area contributed by atoms with E-state index in [9.17, 15) is 18.0 Å². The summed E-state index contributed by atoms with van der Waals surface area (Å²) in [5.41, 5.74) is 0.651. The number of nitrogens with one attached hydrogen (secondary N) is 1. The first-order chi connectivity index (χ1) is 11.4. The van der Waals surface area contributed by atoms with E-state index in [4.69, 9.17) is 4.42 Å². The van der Waals surface area contributed by atoms with Crippen LogP contribution in [0.25, 0.3) is 5.69 Å².